The molecule has 0 aliphatic carbocycles. The summed E-state index contributed by atoms with van der Waals surface area (Å²) in [4.78, 5) is 2.15. The zero-order valence-electron chi connectivity index (χ0n) is 14.2. The number of halogens is 3. The predicted molar refractivity (Wildman–Crippen MR) is 117 cm³/mol. The van der Waals surface area contributed by atoms with Crippen LogP contribution in [0.15, 0.2) is 60.8 Å². The van der Waals surface area contributed by atoms with Crippen LogP contribution < -0.4 is 5.32 Å². The number of anilines is 1. The van der Waals surface area contributed by atoms with Gasteiger partial charge in [-0.05, 0) is 60.2 Å². The van der Waals surface area contributed by atoms with E-state index in [9.17, 15) is 0 Å². The number of nitrogens with one attached hydrogen (secondary N) is 1. The quantitative estimate of drug-likeness (QED) is 0.479. The average Bonchev–Trinajstić information content (AvgIpc) is 3.10. The highest BCUT2D eigenvalue weighted by atomic mass is 35.5. The summed E-state index contributed by atoms with van der Waals surface area (Å²) in [7, 11) is 0. The number of thiocarbonyl (C=S) groups is 1. The molecular weight excluding hydrogens is 421 g/mol. The SMILES string of the molecule is S=C(Nc1cccc(Cl)c1)N1CCn2cccc2[C@@H]1c1ccc(Cl)cc1Cl. The first-order valence-corrected chi connectivity index (χ1v) is 10.0. The number of aromatic nitrogens is 1. The molecular formula is C20H16Cl3N3S. The minimum absolute atomic E-state index is 0.0994. The van der Waals surface area contributed by atoms with Gasteiger partial charge in [-0.25, -0.2) is 0 Å². The summed E-state index contributed by atoms with van der Waals surface area (Å²) in [5.41, 5.74) is 2.96. The second-order valence-electron chi connectivity index (χ2n) is 6.33. The van der Waals surface area contributed by atoms with Gasteiger partial charge in [-0.3, -0.25) is 0 Å². The largest absolute Gasteiger partial charge is 0.348 e. The van der Waals surface area contributed by atoms with Gasteiger partial charge >= 0.3 is 0 Å². The van der Waals surface area contributed by atoms with E-state index in [0.717, 1.165) is 30.0 Å². The maximum Gasteiger partial charge on any atom is 0.174 e. The molecule has 0 amide bonds. The molecule has 1 N–H and O–H groups in total. The molecule has 0 saturated heterocycles. The van der Waals surface area contributed by atoms with Crippen molar-refractivity contribution >= 4 is 57.8 Å². The molecule has 0 radical (unpaired) electrons. The Balaban J connectivity index is 1.71. The van der Waals surface area contributed by atoms with E-state index in [1.165, 1.54) is 0 Å². The van der Waals surface area contributed by atoms with Crippen LogP contribution >= 0.6 is 47.0 Å². The summed E-state index contributed by atoms with van der Waals surface area (Å²) in [5.74, 6) is 0. The molecule has 1 atom stereocenters. The molecule has 0 saturated carbocycles. The fourth-order valence-corrected chi connectivity index (χ4v) is 4.43. The zero-order valence-corrected chi connectivity index (χ0v) is 17.3. The van der Waals surface area contributed by atoms with Crippen LogP contribution in [0.2, 0.25) is 15.1 Å². The first-order chi connectivity index (χ1) is 13.0. The number of hydrogen-bond acceptors (Lipinski definition) is 1. The van der Waals surface area contributed by atoms with Crippen molar-refractivity contribution in [2.24, 2.45) is 0 Å². The summed E-state index contributed by atoms with van der Waals surface area (Å²) in [6.07, 6.45) is 2.08. The monoisotopic (exact) mass is 435 g/mol. The van der Waals surface area contributed by atoms with E-state index in [0.29, 0.717) is 20.2 Å². The Kier molecular flexibility index (Phi) is 5.33. The zero-order chi connectivity index (χ0) is 19.0. The van der Waals surface area contributed by atoms with Crippen molar-refractivity contribution < 1.29 is 0 Å². The lowest BCUT2D eigenvalue weighted by Crippen LogP contribution is -2.44. The van der Waals surface area contributed by atoms with Gasteiger partial charge < -0.3 is 14.8 Å². The highest BCUT2D eigenvalue weighted by molar-refractivity contribution is 7.80. The van der Waals surface area contributed by atoms with Gasteiger partial charge in [-0.2, -0.15) is 0 Å². The molecule has 2 aromatic carbocycles. The number of hydrogen-bond donors (Lipinski definition) is 1. The molecule has 4 rings (SSSR count). The fraction of sp³-hybridized carbons (Fsp3) is 0.150. The van der Waals surface area contributed by atoms with Crippen molar-refractivity contribution in [3.05, 3.63) is 87.1 Å². The summed E-state index contributed by atoms with van der Waals surface area (Å²) >= 11 is 24.5. The number of nitrogens with zero attached hydrogens (tertiary/aromatic N) is 2. The van der Waals surface area contributed by atoms with E-state index in [1.807, 2.05) is 42.5 Å². The third kappa shape index (κ3) is 3.81. The van der Waals surface area contributed by atoms with Gasteiger partial charge in [0.25, 0.3) is 0 Å². The topological polar surface area (TPSA) is 20.2 Å². The van der Waals surface area contributed by atoms with Gasteiger partial charge in [0, 0.05) is 45.7 Å². The van der Waals surface area contributed by atoms with E-state index in [-0.39, 0.29) is 6.04 Å². The molecule has 0 unspecified atom stereocenters. The van der Waals surface area contributed by atoms with Crippen LogP contribution in [0.3, 0.4) is 0 Å². The van der Waals surface area contributed by atoms with Gasteiger partial charge in [-0.15, -0.1) is 0 Å². The molecule has 0 bridgehead atoms. The number of rotatable bonds is 2. The maximum atomic E-state index is 6.55. The summed E-state index contributed by atoms with van der Waals surface area (Å²) in [5, 5.41) is 5.82. The minimum atomic E-state index is -0.0994. The standard InChI is InChI=1S/C20H16Cl3N3S/c21-13-3-1-4-15(11-13)24-20(27)26-10-9-25-8-2-5-18(25)19(26)16-7-6-14(22)12-17(16)23/h1-8,11-12,19H,9-10H2,(H,24,27)/t19-/m0/s1. The smallest absolute Gasteiger partial charge is 0.174 e. The van der Waals surface area contributed by atoms with Crippen LogP contribution in [0, 0.1) is 0 Å². The first-order valence-electron chi connectivity index (χ1n) is 8.46. The van der Waals surface area contributed by atoms with Gasteiger partial charge in [0.05, 0.1) is 6.04 Å². The fourth-order valence-electron chi connectivity index (χ4n) is 3.41. The molecule has 0 spiro atoms. The summed E-state index contributed by atoms with van der Waals surface area (Å²) in [6.45, 7) is 1.61. The Morgan fingerprint density at radius 1 is 0.963 bits per heavy atom. The highest BCUT2D eigenvalue weighted by Crippen LogP contribution is 2.37. The van der Waals surface area contributed by atoms with Crippen molar-refractivity contribution in [1.82, 2.24) is 9.47 Å². The molecule has 2 heterocycles. The minimum Gasteiger partial charge on any atom is -0.348 e. The lowest BCUT2D eigenvalue weighted by molar-refractivity contribution is 0.293. The third-order valence-electron chi connectivity index (χ3n) is 4.63. The molecule has 3 nitrogen and oxygen atoms in total. The Hall–Kier alpha value is -1.72. The predicted octanol–water partition coefficient (Wildman–Crippen LogP) is 6.25. The summed E-state index contributed by atoms with van der Waals surface area (Å²) in [6, 6.07) is 17.2. The Morgan fingerprint density at radius 2 is 1.78 bits per heavy atom. The van der Waals surface area contributed by atoms with Gasteiger partial charge in [0.1, 0.15) is 0 Å². The van der Waals surface area contributed by atoms with Crippen LogP contribution in [0.5, 0.6) is 0 Å². The van der Waals surface area contributed by atoms with E-state index in [1.54, 1.807) is 6.07 Å². The second-order valence-corrected chi connectivity index (χ2v) is 8.00. The number of fused-ring (bicyclic) bond motifs is 1. The van der Waals surface area contributed by atoms with Crippen molar-refractivity contribution in [1.29, 1.82) is 0 Å². The van der Waals surface area contributed by atoms with E-state index in [2.05, 4.69) is 27.0 Å². The van der Waals surface area contributed by atoms with Crippen molar-refractivity contribution in [3.8, 4) is 0 Å². The van der Waals surface area contributed by atoms with Crippen LogP contribution in [0.25, 0.3) is 0 Å². The van der Waals surface area contributed by atoms with E-state index < -0.39 is 0 Å². The molecule has 1 aromatic heterocycles. The third-order valence-corrected chi connectivity index (χ3v) is 5.77. The average molecular weight is 437 g/mol. The van der Waals surface area contributed by atoms with Crippen LogP contribution in [-0.2, 0) is 6.54 Å². The van der Waals surface area contributed by atoms with Crippen molar-refractivity contribution in [2.75, 3.05) is 11.9 Å². The lowest BCUT2D eigenvalue weighted by Gasteiger charge is -2.39. The number of benzene rings is 2. The Labute approximate surface area is 178 Å². The first kappa shape index (κ1) is 18.6. The molecule has 27 heavy (non-hydrogen) atoms. The van der Waals surface area contributed by atoms with Crippen LogP contribution in [0.1, 0.15) is 17.3 Å². The summed E-state index contributed by atoms with van der Waals surface area (Å²) < 4.78 is 2.23. The Morgan fingerprint density at radius 3 is 2.56 bits per heavy atom. The second kappa shape index (κ2) is 7.72. The maximum absolute atomic E-state index is 6.55. The van der Waals surface area contributed by atoms with Crippen LogP contribution in [0.4, 0.5) is 5.69 Å². The van der Waals surface area contributed by atoms with Gasteiger partial charge in [0.2, 0.25) is 0 Å². The molecule has 0 fully saturated rings. The normalized spacial score (nSPS) is 16.1. The van der Waals surface area contributed by atoms with Crippen molar-refractivity contribution in [3.63, 3.8) is 0 Å². The van der Waals surface area contributed by atoms with E-state index in [4.69, 9.17) is 47.0 Å². The van der Waals surface area contributed by atoms with Crippen LogP contribution in [-0.4, -0.2) is 21.1 Å². The van der Waals surface area contributed by atoms with E-state index >= 15 is 0 Å². The van der Waals surface area contributed by atoms with Gasteiger partial charge in [0.15, 0.2) is 5.11 Å². The molecule has 7 heteroatoms. The lowest BCUT2D eigenvalue weighted by atomic mass is 10.00. The molecule has 1 aliphatic rings. The highest BCUT2D eigenvalue weighted by Gasteiger charge is 2.32. The molecule has 3 aromatic rings. The van der Waals surface area contributed by atoms with Crippen molar-refractivity contribution in [2.45, 2.75) is 12.6 Å². The van der Waals surface area contributed by atoms with Gasteiger partial charge in [-0.1, -0.05) is 46.9 Å². The Bertz CT molecular complexity index is 1000. The molecule has 138 valence electrons. The molecule has 1 aliphatic heterocycles.